The van der Waals surface area contributed by atoms with Gasteiger partial charge in [0.25, 0.3) is 0 Å². The quantitative estimate of drug-likeness (QED) is 0.639. The van der Waals surface area contributed by atoms with Crippen molar-refractivity contribution in [3.8, 4) is 0 Å². The van der Waals surface area contributed by atoms with E-state index in [9.17, 15) is 0 Å². The van der Waals surface area contributed by atoms with Gasteiger partial charge < -0.3 is 0 Å². The minimum Gasteiger partial charge on any atom is -0.271 e. The van der Waals surface area contributed by atoms with Crippen LogP contribution in [0.4, 0.5) is 0 Å². The Bertz CT molecular complexity index is 526. The first-order chi connectivity index (χ1) is 8.65. The van der Waals surface area contributed by atoms with Gasteiger partial charge in [0.1, 0.15) is 0 Å². The average molecular weight is 240 g/mol. The summed E-state index contributed by atoms with van der Waals surface area (Å²) < 4.78 is 0. The first kappa shape index (κ1) is 12.8. The summed E-state index contributed by atoms with van der Waals surface area (Å²) in [5.74, 6) is 5.79. The van der Waals surface area contributed by atoms with Crippen molar-refractivity contribution in [2.24, 2.45) is 5.84 Å². The summed E-state index contributed by atoms with van der Waals surface area (Å²) in [5.41, 5.74) is 9.25. The highest BCUT2D eigenvalue weighted by Gasteiger charge is 2.17. The van der Waals surface area contributed by atoms with Gasteiger partial charge >= 0.3 is 0 Å². The molecule has 18 heavy (non-hydrogen) atoms. The Morgan fingerprint density at radius 3 is 1.94 bits per heavy atom. The molecule has 0 aliphatic carbocycles. The number of nitrogens with two attached hydrogens (primary N) is 1. The second-order valence-corrected chi connectivity index (χ2v) is 4.76. The van der Waals surface area contributed by atoms with Crippen LogP contribution in [0, 0.1) is 20.8 Å². The molecule has 0 amide bonds. The fourth-order valence-corrected chi connectivity index (χ4v) is 2.52. The van der Waals surface area contributed by atoms with Crippen molar-refractivity contribution >= 4 is 0 Å². The third-order valence-corrected chi connectivity index (χ3v) is 3.50. The van der Waals surface area contributed by atoms with Gasteiger partial charge in [0.05, 0.1) is 6.04 Å². The van der Waals surface area contributed by atoms with E-state index in [-0.39, 0.29) is 6.04 Å². The van der Waals surface area contributed by atoms with E-state index >= 15 is 0 Å². The highest BCUT2D eigenvalue weighted by atomic mass is 15.2. The zero-order chi connectivity index (χ0) is 13.1. The summed E-state index contributed by atoms with van der Waals surface area (Å²) >= 11 is 0. The Balaban J connectivity index is 2.56. The molecule has 2 nitrogen and oxygen atoms in total. The van der Waals surface area contributed by atoms with Crippen molar-refractivity contribution in [2.75, 3.05) is 0 Å². The molecule has 0 aromatic heterocycles. The van der Waals surface area contributed by atoms with E-state index in [1.54, 1.807) is 0 Å². The minimum atomic E-state index is 0.0485. The molecule has 2 rings (SSSR count). The Morgan fingerprint density at radius 1 is 0.833 bits per heavy atom. The van der Waals surface area contributed by atoms with Gasteiger partial charge in [-0.3, -0.25) is 5.84 Å². The summed E-state index contributed by atoms with van der Waals surface area (Å²) in [4.78, 5) is 0. The molecule has 1 unspecified atom stereocenters. The molecule has 94 valence electrons. The number of hydrogen-bond acceptors (Lipinski definition) is 2. The molecule has 3 N–H and O–H groups in total. The maximum atomic E-state index is 5.79. The van der Waals surface area contributed by atoms with Gasteiger partial charge in [-0.2, -0.15) is 0 Å². The molecule has 0 aliphatic heterocycles. The molecule has 1 atom stereocenters. The monoisotopic (exact) mass is 240 g/mol. The maximum Gasteiger partial charge on any atom is 0.0717 e. The van der Waals surface area contributed by atoms with Crippen LogP contribution in [0.25, 0.3) is 0 Å². The van der Waals surface area contributed by atoms with E-state index in [1.165, 1.54) is 27.8 Å². The van der Waals surface area contributed by atoms with E-state index in [1.807, 2.05) is 0 Å². The zero-order valence-corrected chi connectivity index (χ0v) is 11.2. The molecule has 0 spiro atoms. The highest BCUT2D eigenvalue weighted by Crippen LogP contribution is 2.28. The fraction of sp³-hybridized carbons (Fsp3) is 0.250. The van der Waals surface area contributed by atoms with Gasteiger partial charge in [0.15, 0.2) is 0 Å². The van der Waals surface area contributed by atoms with Crippen molar-refractivity contribution in [1.82, 2.24) is 5.43 Å². The summed E-state index contributed by atoms with van der Waals surface area (Å²) in [5, 5.41) is 0. The van der Waals surface area contributed by atoms with Gasteiger partial charge in [-0.1, -0.05) is 42.5 Å². The van der Waals surface area contributed by atoms with Gasteiger partial charge in [-0.25, -0.2) is 5.43 Å². The Kier molecular flexibility index (Phi) is 3.80. The molecular formula is C16H20N2. The number of aryl methyl sites for hydroxylation is 3. The van der Waals surface area contributed by atoms with Crippen LogP contribution in [0.3, 0.4) is 0 Å². The summed E-state index contributed by atoms with van der Waals surface area (Å²) in [6.07, 6.45) is 0. The van der Waals surface area contributed by atoms with Crippen LogP contribution in [-0.2, 0) is 0 Å². The molecule has 0 saturated carbocycles. The normalized spacial score (nSPS) is 12.4. The number of benzene rings is 2. The van der Waals surface area contributed by atoms with Crippen LogP contribution in [0.15, 0.2) is 42.5 Å². The van der Waals surface area contributed by atoms with Crippen molar-refractivity contribution in [2.45, 2.75) is 26.8 Å². The SMILES string of the molecule is Cc1ccccc1C(NN)c1c(C)cccc1C. The molecule has 2 aromatic rings. The standard InChI is InChI=1S/C16H20N2/c1-11-7-4-5-10-14(11)16(18-17)15-12(2)8-6-9-13(15)3/h4-10,16,18H,17H2,1-3H3. The van der Waals surface area contributed by atoms with Gasteiger partial charge in [0.2, 0.25) is 0 Å². The topological polar surface area (TPSA) is 38.0 Å². The molecular weight excluding hydrogens is 220 g/mol. The lowest BCUT2D eigenvalue weighted by molar-refractivity contribution is 0.627. The molecule has 2 aromatic carbocycles. The Hall–Kier alpha value is -1.64. The molecule has 0 heterocycles. The largest absolute Gasteiger partial charge is 0.271 e. The Labute approximate surface area is 109 Å². The van der Waals surface area contributed by atoms with Crippen molar-refractivity contribution < 1.29 is 0 Å². The van der Waals surface area contributed by atoms with E-state index < -0.39 is 0 Å². The van der Waals surface area contributed by atoms with Crippen molar-refractivity contribution in [3.05, 3.63) is 70.3 Å². The molecule has 0 saturated heterocycles. The van der Waals surface area contributed by atoms with Gasteiger partial charge in [0, 0.05) is 0 Å². The average Bonchev–Trinajstić information content (AvgIpc) is 2.35. The summed E-state index contributed by atoms with van der Waals surface area (Å²) in [6, 6.07) is 14.7. The summed E-state index contributed by atoms with van der Waals surface area (Å²) in [7, 11) is 0. The molecule has 0 aliphatic rings. The van der Waals surface area contributed by atoms with Crippen LogP contribution >= 0.6 is 0 Å². The molecule has 0 bridgehead atoms. The van der Waals surface area contributed by atoms with E-state index in [0.29, 0.717) is 0 Å². The van der Waals surface area contributed by atoms with Crippen LogP contribution in [0.1, 0.15) is 33.9 Å². The van der Waals surface area contributed by atoms with Crippen molar-refractivity contribution in [1.29, 1.82) is 0 Å². The molecule has 0 fully saturated rings. The second kappa shape index (κ2) is 5.34. The van der Waals surface area contributed by atoms with Crippen LogP contribution in [-0.4, -0.2) is 0 Å². The highest BCUT2D eigenvalue weighted by molar-refractivity contribution is 5.43. The predicted octanol–water partition coefficient (Wildman–Crippen LogP) is 3.16. The van der Waals surface area contributed by atoms with Crippen LogP contribution in [0.2, 0.25) is 0 Å². The van der Waals surface area contributed by atoms with Crippen molar-refractivity contribution in [3.63, 3.8) is 0 Å². The summed E-state index contributed by atoms with van der Waals surface area (Å²) in [6.45, 7) is 6.38. The third-order valence-electron chi connectivity index (χ3n) is 3.50. The van der Waals surface area contributed by atoms with E-state index in [2.05, 4.69) is 68.7 Å². The lowest BCUT2D eigenvalue weighted by Crippen LogP contribution is -2.30. The van der Waals surface area contributed by atoms with Crippen LogP contribution < -0.4 is 11.3 Å². The number of hydrazine groups is 1. The second-order valence-electron chi connectivity index (χ2n) is 4.76. The maximum absolute atomic E-state index is 5.79. The smallest absolute Gasteiger partial charge is 0.0717 e. The fourth-order valence-electron chi connectivity index (χ4n) is 2.52. The number of hydrogen-bond donors (Lipinski definition) is 2. The molecule has 0 radical (unpaired) electrons. The minimum absolute atomic E-state index is 0.0485. The Morgan fingerprint density at radius 2 is 1.39 bits per heavy atom. The number of rotatable bonds is 3. The molecule has 2 heteroatoms. The number of nitrogens with one attached hydrogen (secondary N) is 1. The zero-order valence-electron chi connectivity index (χ0n) is 11.2. The van der Waals surface area contributed by atoms with E-state index in [0.717, 1.165) is 0 Å². The predicted molar refractivity (Wildman–Crippen MR) is 76.3 cm³/mol. The van der Waals surface area contributed by atoms with Gasteiger partial charge in [-0.05, 0) is 48.6 Å². The first-order valence-electron chi connectivity index (χ1n) is 6.23. The lowest BCUT2D eigenvalue weighted by Gasteiger charge is -2.22. The lowest BCUT2D eigenvalue weighted by atomic mass is 9.90. The third kappa shape index (κ3) is 2.30. The van der Waals surface area contributed by atoms with Gasteiger partial charge in [-0.15, -0.1) is 0 Å². The first-order valence-corrected chi connectivity index (χ1v) is 6.23. The van der Waals surface area contributed by atoms with E-state index in [4.69, 9.17) is 5.84 Å². The van der Waals surface area contributed by atoms with Crippen LogP contribution in [0.5, 0.6) is 0 Å².